The number of halogens is 2. The van der Waals surface area contributed by atoms with E-state index in [-0.39, 0.29) is 17.0 Å². The van der Waals surface area contributed by atoms with Crippen LogP contribution in [0.2, 0.25) is 5.02 Å². The van der Waals surface area contributed by atoms with Gasteiger partial charge in [0.15, 0.2) is 5.16 Å². The molecule has 0 aliphatic carbocycles. The third kappa shape index (κ3) is 4.72. The van der Waals surface area contributed by atoms with Gasteiger partial charge in [0.2, 0.25) is 5.91 Å². The average Bonchev–Trinajstić information content (AvgIpc) is 2.69. The molecule has 8 heteroatoms. The molecule has 0 bridgehead atoms. The second-order valence-corrected chi connectivity index (χ2v) is 7.56. The summed E-state index contributed by atoms with van der Waals surface area (Å²) >= 11 is 6.99. The van der Waals surface area contributed by atoms with Crippen LogP contribution in [0.25, 0.3) is 10.9 Å². The minimum Gasteiger partial charge on any atom is -0.323 e. The molecule has 1 aromatic heterocycles. The molecular formula is C20H19ClFN3O2S. The molecule has 0 spiro atoms. The molecule has 2 aromatic carbocycles. The topological polar surface area (TPSA) is 64.0 Å². The number of nitrogens with zero attached hydrogens (tertiary/aromatic N) is 2. The molecular weight excluding hydrogens is 401 g/mol. The predicted octanol–water partition coefficient (Wildman–Crippen LogP) is 4.72. The summed E-state index contributed by atoms with van der Waals surface area (Å²) in [7, 11) is 0. The number of rotatable bonds is 7. The number of thioether (sulfide) groups is 1. The number of benzene rings is 2. The number of para-hydroxylation sites is 1. The number of fused-ring (bicyclic) bond motifs is 1. The van der Waals surface area contributed by atoms with Crippen LogP contribution in [0.3, 0.4) is 0 Å². The standard InChI is InChI=1S/C20H19ClFN3O2S/c1-2-3-10-25-19(27)14-6-4-5-7-16(14)24-20(25)28-12-18(26)23-17-11-13(21)8-9-15(17)22/h4-9,11H,2-3,10,12H2,1H3,(H,23,26). The first-order valence-electron chi connectivity index (χ1n) is 8.87. The summed E-state index contributed by atoms with van der Waals surface area (Å²) in [5.41, 5.74) is 0.486. The predicted molar refractivity (Wildman–Crippen MR) is 112 cm³/mol. The highest BCUT2D eigenvalue weighted by Crippen LogP contribution is 2.22. The average molecular weight is 420 g/mol. The lowest BCUT2D eigenvalue weighted by molar-refractivity contribution is -0.113. The van der Waals surface area contributed by atoms with Crippen molar-refractivity contribution in [3.05, 3.63) is 63.7 Å². The third-order valence-electron chi connectivity index (χ3n) is 4.10. The summed E-state index contributed by atoms with van der Waals surface area (Å²) in [6, 6.07) is 11.1. The van der Waals surface area contributed by atoms with E-state index in [1.807, 2.05) is 13.0 Å². The molecule has 0 atom stereocenters. The normalized spacial score (nSPS) is 11.0. The van der Waals surface area contributed by atoms with Crippen molar-refractivity contribution in [3.8, 4) is 0 Å². The summed E-state index contributed by atoms with van der Waals surface area (Å²) < 4.78 is 15.4. The number of aromatic nitrogens is 2. The molecule has 1 amide bonds. The van der Waals surface area contributed by atoms with E-state index in [2.05, 4.69) is 10.3 Å². The Hall–Kier alpha value is -2.38. The molecule has 0 unspecified atom stereocenters. The fraction of sp³-hybridized carbons (Fsp3) is 0.250. The fourth-order valence-corrected chi connectivity index (χ4v) is 3.68. The number of unbranched alkanes of at least 4 members (excludes halogenated alkanes) is 1. The van der Waals surface area contributed by atoms with Crippen molar-refractivity contribution in [2.24, 2.45) is 0 Å². The van der Waals surface area contributed by atoms with Gasteiger partial charge in [0, 0.05) is 11.6 Å². The van der Waals surface area contributed by atoms with E-state index in [1.165, 1.54) is 18.2 Å². The second-order valence-electron chi connectivity index (χ2n) is 6.18. The molecule has 0 radical (unpaired) electrons. The van der Waals surface area contributed by atoms with Crippen molar-refractivity contribution in [3.63, 3.8) is 0 Å². The van der Waals surface area contributed by atoms with E-state index in [1.54, 1.807) is 22.8 Å². The van der Waals surface area contributed by atoms with E-state index in [9.17, 15) is 14.0 Å². The van der Waals surface area contributed by atoms with Crippen LogP contribution < -0.4 is 10.9 Å². The van der Waals surface area contributed by atoms with Crippen LogP contribution in [0.5, 0.6) is 0 Å². The molecule has 146 valence electrons. The fourth-order valence-electron chi connectivity index (χ4n) is 2.68. The molecule has 0 aliphatic heterocycles. The van der Waals surface area contributed by atoms with Crippen molar-refractivity contribution in [2.75, 3.05) is 11.1 Å². The maximum atomic E-state index is 13.8. The number of nitrogens with one attached hydrogen (secondary N) is 1. The maximum absolute atomic E-state index is 13.8. The number of hydrogen-bond acceptors (Lipinski definition) is 4. The molecule has 3 aromatic rings. The molecule has 3 rings (SSSR count). The Kier molecular flexibility index (Phi) is 6.70. The number of carbonyl (C=O) groups excluding carboxylic acids is 1. The Morgan fingerprint density at radius 1 is 1.29 bits per heavy atom. The third-order valence-corrected chi connectivity index (χ3v) is 5.31. The van der Waals surface area contributed by atoms with Gasteiger partial charge in [-0.25, -0.2) is 9.37 Å². The zero-order valence-electron chi connectivity index (χ0n) is 15.2. The molecule has 0 aliphatic rings. The molecule has 1 heterocycles. The van der Waals surface area contributed by atoms with Crippen molar-refractivity contribution >= 4 is 45.9 Å². The van der Waals surface area contributed by atoms with Crippen LogP contribution in [0.4, 0.5) is 10.1 Å². The van der Waals surface area contributed by atoms with Crippen LogP contribution in [-0.4, -0.2) is 21.2 Å². The van der Waals surface area contributed by atoms with Crippen molar-refractivity contribution in [1.82, 2.24) is 9.55 Å². The van der Waals surface area contributed by atoms with Crippen molar-refractivity contribution in [1.29, 1.82) is 0 Å². The first-order valence-corrected chi connectivity index (χ1v) is 10.2. The van der Waals surface area contributed by atoms with Crippen LogP contribution in [0.1, 0.15) is 19.8 Å². The molecule has 28 heavy (non-hydrogen) atoms. The van der Waals surface area contributed by atoms with Gasteiger partial charge in [-0.3, -0.25) is 14.2 Å². The Morgan fingerprint density at radius 3 is 2.86 bits per heavy atom. The van der Waals surface area contributed by atoms with E-state index in [0.29, 0.717) is 27.6 Å². The highest BCUT2D eigenvalue weighted by Gasteiger charge is 2.14. The van der Waals surface area contributed by atoms with Crippen LogP contribution >= 0.6 is 23.4 Å². The lowest BCUT2D eigenvalue weighted by Crippen LogP contribution is -2.24. The summed E-state index contributed by atoms with van der Waals surface area (Å²) in [6.45, 7) is 2.57. The van der Waals surface area contributed by atoms with Gasteiger partial charge in [0.05, 0.1) is 22.3 Å². The van der Waals surface area contributed by atoms with Crippen LogP contribution in [0, 0.1) is 5.82 Å². The number of anilines is 1. The number of carbonyl (C=O) groups is 1. The minimum atomic E-state index is -0.563. The monoisotopic (exact) mass is 419 g/mol. The highest BCUT2D eigenvalue weighted by molar-refractivity contribution is 7.99. The van der Waals surface area contributed by atoms with Gasteiger partial charge in [-0.15, -0.1) is 0 Å². The Balaban J connectivity index is 1.81. The maximum Gasteiger partial charge on any atom is 0.262 e. The van der Waals surface area contributed by atoms with Gasteiger partial charge in [-0.1, -0.05) is 48.8 Å². The zero-order chi connectivity index (χ0) is 20.1. The lowest BCUT2D eigenvalue weighted by Gasteiger charge is -2.13. The van der Waals surface area contributed by atoms with E-state index in [4.69, 9.17) is 11.6 Å². The molecule has 0 saturated carbocycles. The van der Waals surface area contributed by atoms with Gasteiger partial charge in [-0.05, 0) is 36.8 Å². The molecule has 5 nitrogen and oxygen atoms in total. The van der Waals surface area contributed by atoms with Crippen LogP contribution in [0.15, 0.2) is 52.4 Å². The zero-order valence-corrected chi connectivity index (χ0v) is 16.8. The quantitative estimate of drug-likeness (QED) is 0.444. The minimum absolute atomic E-state index is 0.0111. The summed E-state index contributed by atoms with van der Waals surface area (Å²) in [4.78, 5) is 29.6. The van der Waals surface area contributed by atoms with Gasteiger partial charge in [0.1, 0.15) is 5.82 Å². The van der Waals surface area contributed by atoms with Gasteiger partial charge in [0.25, 0.3) is 5.56 Å². The smallest absolute Gasteiger partial charge is 0.262 e. The van der Waals surface area contributed by atoms with Gasteiger partial charge in [-0.2, -0.15) is 0 Å². The summed E-state index contributed by atoms with van der Waals surface area (Å²) in [6.07, 6.45) is 1.76. The van der Waals surface area contributed by atoms with Crippen molar-refractivity contribution in [2.45, 2.75) is 31.5 Å². The lowest BCUT2D eigenvalue weighted by atomic mass is 10.2. The van der Waals surface area contributed by atoms with E-state index < -0.39 is 11.7 Å². The van der Waals surface area contributed by atoms with Crippen LogP contribution in [-0.2, 0) is 11.3 Å². The number of hydrogen-bond donors (Lipinski definition) is 1. The SMILES string of the molecule is CCCCn1c(SCC(=O)Nc2cc(Cl)ccc2F)nc2ccccc2c1=O. The van der Waals surface area contributed by atoms with E-state index in [0.717, 1.165) is 24.6 Å². The largest absolute Gasteiger partial charge is 0.323 e. The Morgan fingerprint density at radius 2 is 2.07 bits per heavy atom. The highest BCUT2D eigenvalue weighted by atomic mass is 35.5. The second kappa shape index (κ2) is 9.21. The first kappa shape index (κ1) is 20.4. The molecule has 0 fully saturated rings. The Labute approximate surface area is 170 Å². The summed E-state index contributed by atoms with van der Waals surface area (Å²) in [5.74, 6) is -0.981. The van der Waals surface area contributed by atoms with Gasteiger partial charge >= 0.3 is 0 Å². The first-order chi connectivity index (χ1) is 13.5. The van der Waals surface area contributed by atoms with E-state index >= 15 is 0 Å². The van der Waals surface area contributed by atoms with Gasteiger partial charge < -0.3 is 5.32 Å². The Bertz CT molecular complexity index is 1070. The van der Waals surface area contributed by atoms with Crippen molar-refractivity contribution < 1.29 is 9.18 Å². The molecule has 1 N–H and O–H groups in total. The summed E-state index contributed by atoms with van der Waals surface area (Å²) in [5, 5.41) is 3.85. The molecule has 0 saturated heterocycles. The number of amides is 1.